The lowest BCUT2D eigenvalue weighted by atomic mass is 9.90. The number of nitrogens with zero attached hydrogens (tertiary/aromatic N) is 3. The molecule has 2 amide bonds. The first-order valence-electron chi connectivity index (χ1n) is 10.2. The number of pyridine rings is 1. The fraction of sp³-hybridized carbons (Fsp3) is 0.667. The fourth-order valence-electron chi connectivity index (χ4n) is 3.86. The van der Waals surface area contributed by atoms with Crippen molar-refractivity contribution >= 4 is 11.8 Å². The van der Waals surface area contributed by atoms with Crippen molar-refractivity contribution in [1.29, 1.82) is 0 Å². The second-order valence-electron chi connectivity index (χ2n) is 7.80. The van der Waals surface area contributed by atoms with Crippen LogP contribution in [0.3, 0.4) is 0 Å². The Morgan fingerprint density at radius 3 is 2.54 bits per heavy atom. The van der Waals surface area contributed by atoms with Crippen LogP contribution in [0.5, 0.6) is 5.88 Å². The summed E-state index contributed by atoms with van der Waals surface area (Å²) in [6, 6.07) is 3.54. The lowest BCUT2D eigenvalue weighted by Crippen LogP contribution is -2.49. The van der Waals surface area contributed by atoms with Gasteiger partial charge in [0.1, 0.15) is 5.56 Å². The minimum Gasteiger partial charge on any atom is -0.480 e. The van der Waals surface area contributed by atoms with Crippen LogP contribution in [-0.4, -0.2) is 66.9 Å². The second kappa shape index (κ2) is 10.4. The van der Waals surface area contributed by atoms with Crippen molar-refractivity contribution in [2.75, 3.05) is 34.3 Å². The van der Waals surface area contributed by atoms with Crippen molar-refractivity contribution in [3.05, 3.63) is 23.4 Å². The number of likely N-dealkylation sites (N-methyl/N-ethyl adjacent to an activating group) is 1. The molecule has 1 fully saturated rings. The third-order valence-corrected chi connectivity index (χ3v) is 5.52. The quantitative estimate of drug-likeness (QED) is 0.697. The van der Waals surface area contributed by atoms with Crippen LogP contribution in [0.4, 0.5) is 0 Å². The van der Waals surface area contributed by atoms with E-state index in [0.717, 1.165) is 57.3 Å². The monoisotopic (exact) mass is 390 g/mol. The van der Waals surface area contributed by atoms with E-state index < -0.39 is 5.91 Å². The Hall–Kier alpha value is -2.15. The fourth-order valence-corrected chi connectivity index (χ4v) is 3.86. The molecule has 156 valence electrons. The molecular weight excluding hydrogens is 356 g/mol. The number of primary amides is 1. The lowest BCUT2D eigenvalue weighted by molar-refractivity contribution is -0.135. The molecule has 1 atom stereocenters. The van der Waals surface area contributed by atoms with Gasteiger partial charge in [-0.3, -0.25) is 14.5 Å². The van der Waals surface area contributed by atoms with Gasteiger partial charge < -0.3 is 15.4 Å². The molecule has 0 saturated carbocycles. The number of methoxy groups -OCH3 is 1. The van der Waals surface area contributed by atoms with Gasteiger partial charge >= 0.3 is 0 Å². The van der Waals surface area contributed by atoms with Gasteiger partial charge in [-0.25, -0.2) is 4.98 Å². The van der Waals surface area contributed by atoms with E-state index in [1.165, 1.54) is 7.11 Å². The van der Waals surface area contributed by atoms with Crippen LogP contribution in [0.25, 0.3) is 0 Å². The molecule has 7 heteroatoms. The van der Waals surface area contributed by atoms with E-state index in [9.17, 15) is 9.59 Å². The summed E-state index contributed by atoms with van der Waals surface area (Å²) in [7, 11) is 5.17. The molecule has 7 nitrogen and oxygen atoms in total. The highest BCUT2D eigenvalue weighted by atomic mass is 16.5. The summed E-state index contributed by atoms with van der Waals surface area (Å²) < 4.78 is 5.21. The molecule has 1 saturated heterocycles. The third kappa shape index (κ3) is 5.67. The van der Waals surface area contributed by atoms with Gasteiger partial charge in [0.25, 0.3) is 5.91 Å². The molecule has 1 aromatic rings. The number of nitrogens with two attached hydrogens (primary N) is 1. The molecule has 0 radical (unpaired) electrons. The number of carbonyl (C=O) groups is 2. The van der Waals surface area contributed by atoms with Crippen LogP contribution < -0.4 is 10.5 Å². The molecule has 2 rings (SSSR count). The van der Waals surface area contributed by atoms with Crippen LogP contribution in [0.1, 0.15) is 55.1 Å². The second-order valence-corrected chi connectivity index (χ2v) is 7.80. The Morgan fingerprint density at radius 2 is 2.00 bits per heavy atom. The Morgan fingerprint density at radius 1 is 1.32 bits per heavy atom. The van der Waals surface area contributed by atoms with Crippen LogP contribution in [0, 0.1) is 5.92 Å². The Balaban J connectivity index is 1.97. The zero-order valence-electron chi connectivity index (χ0n) is 17.6. The predicted octanol–water partition coefficient (Wildman–Crippen LogP) is 2.09. The van der Waals surface area contributed by atoms with E-state index in [-0.39, 0.29) is 11.9 Å². The SMILES string of the molecule is CCCCC(C(=O)N(C)C)N1CCC(Cc2ccc(C(N)=O)c(OC)n2)CC1. The van der Waals surface area contributed by atoms with Gasteiger partial charge in [-0.15, -0.1) is 0 Å². The number of hydrogen-bond donors (Lipinski definition) is 1. The van der Waals surface area contributed by atoms with E-state index in [1.807, 2.05) is 20.2 Å². The number of likely N-dealkylation sites (tertiary alicyclic amines) is 1. The molecule has 2 N–H and O–H groups in total. The highest BCUT2D eigenvalue weighted by Crippen LogP contribution is 2.25. The van der Waals surface area contributed by atoms with Gasteiger partial charge in [-0.1, -0.05) is 19.8 Å². The van der Waals surface area contributed by atoms with E-state index in [2.05, 4.69) is 16.8 Å². The zero-order chi connectivity index (χ0) is 20.7. The smallest absolute Gasteiger partial charge is 0.254 e. The van der Waals surface area contributed by atoms with E-state index >= 15 is 0 Å². The number of piperidine rings is 1. The number of carbonyl (C=O) groups excluding carboxylic acids is 2. The van der Waals surface area contributed by atoms with E-state index in [1.54, 1.807) is 11.0 Å². The van der Waals surface area contributed by atoms with E-state index in [4.69, 9.17) is 10.5 Å². The summed E-state index contributed by atoms with van der Waals surface area (Å²) in [5.41, 5.74) is 6.57. The molecule has 0 bridgehead atoms. The molecule has 0 aliphatic carbocycles. The first-order chi connectivity index (χ1) is 13.4. The Bertz CT molecular complexity index is 670. The predicted molar refractivity (Wildman–Crippen MR) is 109 cm³/mol. The third-order valence-electron chi connectivity index (χ3n) is 5.52. The average molecular weight is 391 g/mol. The van der Waals surface area contributed by atoms with Crippen molar-refractivity contribution < 1.29 is 14.3 Å². The Labute approximate surface area is 168 Å². The van der Waals surface area contributed by atoms with Crippen LogP contribution in [0.15, 0.2) is 12.1 Å². The number of unbranched alkanes of at least 4 members (excludes halogenated alkanes) is 1. The van der Waals surface area contributed by atoms with Gasteiger partial charge in [0.2, 0.25) is 11.8 Å². The van der Waals surface area contributed by atoms with Crippen LogP contribution in [-0.2, 0) is 11.2 Å². The van der Waals surface area contributed by atoms with Crippen molar-refractivity contribution in [3.8, 4) is 5.88 Å². The molecule has 28 heavy (non-hydrogen) atoms. The first kappa shape index (κ1) is 22.1. The maximum atomic E-state index is 12.6. The molecule has 2 heterocycles. The van der Waals surface area contributed by atoms with Crippen molar-refractivity contribution in [1.82, 2.24) is 14.8 Å². The molecule has 1 aromatic heterocycles. The van der Waals surface area contributed by atoms with E-state index in [0.29, 0.717) is 17.4 Å². The topological polar surface area (TPSA) is 88.8 Å². The number of amides is 2. The summed E-state index contributed by atoms with van der Waals surface area (Å²) >= 11 is 0. The summed E-state index contributed by atoms with van der Waals surface area (Å²) in [4.78, 5) is 32.5. The average Bonchev–Trinajstić information content (AvgIpc) is 2.68. The molecule has 1 aliphatic rings. The van der Waals surface area contributed by atoms with Gasteiger partial charge in [0.15, 0.2) is 0 Å². The standard InChI is InChI=1S/C21H34N4O3/c1-5-6-7-18(21(27)24(2)3)25-12-10-15(11-13-25)14-16-8-9-17(19(22)26)20(23-16)28-4/h8-9,15,18H,5-7,10-14H2,1-4H3,(H2,22,26). The summed E-state index contributed by atoms with van der Waals surface area (Å²) in [6.45, 7) is 4.01. The Kier molecular flexibility index (Phi) is 8.23. The van der Waals surface area contributed by atoms with Gasteiger partial charge in [0, 0.05) is 19.8 Å². The number of rotatable bonds is 9. The largest absolute Gasteiger partial charge is 0.480 e. The van der Waals surface area contributed by atoms with Gasteiger partial charge in [-0.2, -0.15) is 0 Å². The highest BCUT2D eigenvalue weighted by molar-refractivity contribution is 5.95. The minimum atomic E-state index is -0.534. The van der Waals surface area contributed by atoms with Gasteiger partial charge in [0.05, 0.1) is 13.2 Å². The molecule has 0 spiro atoms. The zero-order valence-corrected chi connectivity index (χ0v) is 17.6. The highest BCUT2D eigenvalue weighted by Gasteiger charge is 2.30. The lowest BCUT2D eigenvalue weighted by Gasteiger charge is -2.37. The van der Waals surface area contributed by atoms with Crippen LogP contribution >= 0.6 is 0 Å². The maximum absolute atomic E-state index is 12.6. The maximum Gasteiger partial charge on any atom is 0.254 e. The number of ether oxygens (including phenoxy) is 1. The summed E-state index contributed by atoms with van der Waals surface area (Å²) in [5, 5.41) is 0. The summed E-state index contributed by atoms with van der Waals surface area (Å²) in [6.07, 6.45) is 5.99. The van der Waals surface area contributed by atoms with Gasteiger partial charge in [-0.05, 0) is 56.8 Å². The minimum absolute atomic E-state index is 0.0102. The number of hydrogen-bond acceptors (Lipinski definition) is 5. The van der Waals surface area contributed by atoms with Crippen LogP contribution in [0.2, 0.25) is 0 Å². The first-order valence-corrected chi connectivity index (χ1v) is 10.2. The molecule has 0 aromatic carbocycles. The number of aromatic nitrogens is 1. The normalized spacial score (nSPS) is 16.6. The molecular formula is C21H34N4O3. The van der Waals surface area contributed by atoms with Crippen molar-refractivity contribution in [2.45, 2.75) is 51.5 Å². The molecule has 1 aliphatic heterocycles. The molecule has 1 unspecified atom stereocenters. The van der Waals surface area contributed by atoms with Crippen molar-refractivity contribution in [2.24, 2.45) is 11.7 Å². The van der Waals surface area contributed by atoms with Crippen molar-refractivity contribution in [3.63, 3.8) is 0 Å². The summed E-state index contributed by atoms with van der Waals surface area (Å²) in [5.74, 6) is 0.473.